The summed E-state index contributed by atoms with van der Waals surface area (Å²) in [4.78, 5) is 30.2. The van der Waals surface area contributed by atoms with Crippen molar-refractivity contribution in [2.75, 3.05) is 32.8 Å². The first-order valence-corrected chi connectivity index (χ1v) is 16.1. The third-order valence-corrected chi connectivity index (χ3v) is 10.1. The second kappa shape index (κ2) is 11.6. The van der Waals surface area contributed by atoms with Crippen molar-refractivity contribution >= 4 is 50.3 Å². The van der Waals surface area contributed by atoms with Gasteiger partial charge in [-0.1, -0.05) is 23.7 Å². The Kier molecular flexibility index (Phi) is 7.63. The number of benzene rings is 2. The molecule has 0 aliphatic carbocycles. The van der Waals surface area contributed by atoms with Crippen molar-refractivity contribution < 1.29 is 9.53 Å². The third-order valence-electron chi connectivity index (χ3n) is 8.74. The second-order valence-electron chi connectivity index (χ2n) is 11.5. The van der Waals surface area contributed by atoms with E-state index < -0.39 is 0 Å². The zero-order chi connectivity index (χ0) is 29.7. The number of ether oxygens (including phenoxy) is 1. The Morgan fingerprint density at radius 3 is 2.63 bits per heavy atom. The number of aromatic nitrogens is 5. The van der Waals surface area contributed by atoms with E-state index in [2.05, 4.69) is 16.3 Å². The van der Waals surface area contributed by atoms with Crippen molar-refractivity contribution in [1.82, 2.24) is 34.9 Å². The van der Waals surface area contributed by atoms with Gasteiger partial charge in [0, 0.05) is 42.7 Å². The molecule has 0 bridgehead atoms. The highest BCUT2D eigenvalue weighted by atomic mass is 35.5. The van der Waals surface area contributed by atoms with E-state index in [9.17, 15) is 4.79 Å². The number of likely N-dealkylation sites (tertiary alicyclic amines) is 1. The Hall–Kier alpha value is -3.44. The van der Waals surface area contributed by atoms with Gasteiger partial charge in [0.15, 0.2) is 5.65 Å². The molecule has 0 amide bonds. The number of rotatable bonds is 7. The molecule has 0 atom stereocenters. The summed E-state index contributed by atoms with van der Waals surface area (Å²) in [6.07, 6.45) is 4.12. The quantitative estimate of drug-likeness (QED) is 0.239. The maximum absolute atomic E-state index is 12.6. The van der Waals surface area contributed by atoms with Crippen molar-refractivity contribution in [1.29, 1.82) is 0 Å². The maximum atomic E-state index is 12.6. The van der Waals surface area contributed by atoms with Gasteiger partial charge in [0.1, 0.15) is 16.2 Å². The molecule has 2 aromatic carbocycles. The van der Waals surface area contributed by atoms with Crippen LogP contribution in [0.1, 0.15) is 42.5 Å². The molecule has 2 saturated heterocycles. The Morgan fingerprint density at radius 1 is 1.16 bits per heavy atom. The molecule has 2 aliphatic rings. The molecular weight excluding hydrogens is 582 g/mol. The fourth-order valence-corrected chi connectivity index (χ4v) is 7.56. The lowest BCUT2D eigenvalue weighted by molar-refractivity contribution is -0.142. The lowest BCUT2D eigenvalue weighted by atomic mass is 9.91. The molecular formula is C32H34ClN7O2S. The lowest BCUT2D eigenvalue weighted by Crippen LogP contribution is -2.58. The summed E-state index contributed by atoms with van der Waals surface area (Å²) in [5.74, 6) is 0.109. The van der Waals surface area contributed by atoms with Crippen LogP contribution in [0.15, 0.2) is 36.5 Å². The molecule has 5 heterocycles. The monoisotopic (exact) mass is 615 g/mol. The molecule has 5 aromatic rings. The van der Waals surface area contributed by atoms with Crippen LogP contribution in [0.2, 0.25) is 5.02 Å². The van der Waals surface area contributed by atoms with Gasteiger partial charge in [-0.15, -0.1) is 11.3 Å². The molecule has 0 radical (unpaired) electrons. The van der Waals surface area contributed by atoms with Gasteiger partial charge in [-0.3, -0.25) is 9.69 Å². The Labute approximate surface area is 259 Å². The van der Waals surface area contributed by atoms with Crippen LogP contribution < -0.4 is 5.32 Å². The van der Waals surface area contributed by atoms with E-state index in [1.165, 1.54) is 0 Å². The summed E-state index contributed by atoms with van der Waals surface area (Å²) in [5.41, 5.74) is 8.16. The largest absolute Gasteiger partial charge is 0.466 e. The standard InChI is InChI=1S/C32H34ClN7O2S/c1-4-42-26(41)14-23-18(2)13-24-30(27(23)19-5-7-21(33)8-6-19)43-32(37-24)25-17-35-31-29(36-25)28(38-39(31)3)20-9-11-40(12-10-20)22-15-34-16-22/h5-8,13,17,20,22,34H,4,9-12,14-16H2,1-3H3. The predicted molar refractivity (Wildman–Crippen MR) is 171 cm³/mol. The summed E-state index contributed by atoms with van der Waals surface area (Å²) in [7, 11) is 1.94. The van der Waals surface area contributed by atoms with Crippen molar-refractivity contribution in [3.63, 3.8) is 0 Å². The van der Waals surface area contributed by atoms with E-state index >= 15 is 0 Å². The number of hydrogen-bond acceptors (Lipinski definition) is 9. The SMILES string of the molecule is CCOC(=O)Cc1c(C)cc2nc(-c3cnc4c(n3)c(C3CCN(C5CNC5)CC3)nn4C)sc2c1-c1ccc(Cl)cc1. The van der Waals surface area contributed by atoms with Crippen molar-refractivity contribution in [3.05, 3.63) is 58.4 Å². The highest BCUT2D eigenvalue weighted by Gasteiger charge is 2.31. The molecule has 0 spiro atoms. The van der Waals surface area contributed by atoms with Gasteiger partial charge in [-0.05, 0) is 74.7 Å². The summed E-state index contributed by atoms with van der Waals surface area (Å²) >= 11 is 7.81. The number of nitrogens with zero attached hydrogens (tertiary/aromatic N) is 6. The Bertz CT molecular complexity index is 1820. The van der Waals surface area contributed by atoms with E-state index in [0.29, 0.717) is 23.6 Å². The van der Waals surface area contributed by atoms with Gasteiger partial charge in [0.05, 0.1) is 35.1 Å². The van der Waals surface area contributed by atoms with Crippen LogP contribution in [0.5, 0.6) is 0 Å². The fourth-order valence-electron chi connectivity index (χ4n) is 6.35. The van der Waals surface area contributed by atoms with E-state index in [-0.39, 0.29) is 12.4 Å². The topological polar surface area (TPSA) is 98.1 Å². The number of esters is 1. The summed E-state index contributed by atoms with van der Waals surface area (Å²) in [6.45, 7) is 8.55. The van der Waals surface area contributed by atoms with Gasteiger partial charge < -0.3 is 10.1 Å². The van der Waals surface area contributed by atoms with Gasteiger partial charge in [0.2, 0.25) is 0 Å². The van der Waals surface area contributed by atoms with Gasteiger partial charge in [0.25, 0.3) is 0 Å². The molecule has 1 N–H and O–H groups in total. The molecule has 7 rings (SSSR count). The molecule has 2 aliphatic heterocycles. The highest BCUT2D eigenvalue weighted by Crippen LogP contribution is 2.41. The molecule has 0 saturated carbocycles. The average Bonchev–Trinajstić information content (AvgIpc) is 3.54. The summed E-state index contributed by atoms with van der Waals surface area (Å²) < 4.78 is 8.17. The predicted octanol–water partition coefficient (Wildman–Crippen LogP) is 5.53. The molecule has 11 heteroatoms. The molecule has 222 valence electrons. The van der Waals surface area contributed by atoms with E-state index in [4.69, 9.17) is 36.4 Å². The summed E-state index contributed by atoms with van der Waals surface area (Å²) in [6, 6.07) is 10.5. The van der Waals surface area contributed by atoms with Crippen molar-refractivity contribution in [2.45, 2.75) is 45.1 Å². The number of aryl methyl sites for hydroxylation is 2. The first-order chi connectivity index (χ1) is 20.9. The second-order valence-corrected chi connectivity index (χ2v) is 12.9. The van der Waals surface area contributed by atoms with Crippen LogP contribution in [-0.2, 0) is 23.0 Å². The summed E-state index contributed by atoms with van der Waals surface area (Å²) in [5, 5.41) is 9.74. The average molecular weight is 616 g/mol. The number of carbonyl (C=O) groups is 1. The molecule has 43 heavy (non-hydrogen) atoms. The van der Waals surface area contributed by atoms with Gasteiger partial charge in [-0.25, -0.2) is 19.6 Å². The zero-order valence-corrected chi connectivity index (χ0v) is 26.1. The van der Waals surface area contributed by atoms with Crippen molar-refractivity contribution in [2.24, 2.45) is 7.05 Å². The number of hydrogen-bond donors (Lipinski definition) is 1. The third kappa shape index (κ3) is 5.31. The molecule has 9 nitrogen and oxygen atoms in total. The van der Waals surface area contributed by atoms with Crippen LogP contribution in [0.25, 0.3) is 43.2 Å². The van der Waals surface area contributed by atoms with Crippen LogP contribution in [0, 0.1) is 6.92 Å². The molecule has 3 aromatic heterocycles. The van der Waals surface area contributed by atoms with Gasteiger partial charge in [-0.2, -0.15) is 5.10 Å². The smallest absolute Gasteiger partial charge is 0.310 e. The molecule has 0 unspecified atom stereocenters. The number of piperidine rings is 1. The van der Waals surface area contributed by atoms with Crippen LogP contribution in [0.3, 0.4) is 0 Å². The van der Waals surface area contributed by atoms with Crippen LogP contribution in [0.4, 0.5) is 0 Å². The normalized spacial score (nSPS) is 16.7. The maximum Gasteiger partial charge on any atom is 0.310 e. The fraction of sp³-hybridized carbons (Fsp3) is 0.406. The first kappa shape index (κ1) is 28.3. The zero-order valence-electron chi connectivity index (χ0n) is 24.6. The van der Waals surface area contributed by atoms with E-state index in [1.54, 1.807) is 17.5 Å². The van der Waals surface area contributed by atoms with Crippen LogP contribution >= 0.6 is 22.9 Å². The highest BCUT2D eigenvalue weighted by molar-refractivity contribution is 7.22. The Morgan fingerprint density at radius 2 is 1.93 bits per heavy atom. The number of halogens is 1. The number of fused-ring (bicyclic) bond motifs is 2. The number of carbonyl (C=O) groups excluding carboxylic acids is 1. The number of nitrogens with one attached hydrogen (secondary N) is 1. The minimum Gasteiger partial charge on any atom is -0.466 e. The molecule has 2 fully saturated rings. The lowest BCUT2D eigenvalue weighted by Gasteiger charge is -2.41. The minimum atomic E-state index is -0.250. The van der Waals surface area contributed by atoms with Crippen LogP contribution in [-0.4, -0.2) is 74.4 Å². The van der Waals surface area contributed by atoms with E-state index in [1.807, 2.05) is 49.8 Å². The Balaban J connectivity index is 1.29. The first-order valence-electron chi connectivity index (χ1n) is 14.9. The van der Waals surface area contributed by atoms with Crippen molar-refractivity contribution in [3.8, 4) is 21.8 Å². The van der Waals surface area contributed by atoms with E-state index in [0.717, 1.165) is 99.1 Å². The van der Waals surface area contributed by atoms with Gasteiger partial charge >= 0.3 is 5.97 Å². The minimum absolute atomic E-state index is 0.182. The number of thiazole rings is 1.